The van der Waals surface area contributed by atoms with E-state index >= 15 is 0 Å². The van der Waals surface area contributed by atoms with Gasteiger partial charge in [-0.15, -0.1) is 0 Å². The van der Waals surface area contributed by atoms with Crippen LogP contribution in [0.15, 0.2) is 71.8 Å². The average Bonchev–Trinajstić information content (AvgIpc) is 3.33. The Morgan fingerprint density at radius 3 is 2.26 bits per heavy atom. The van der Waals surface area contributed by atoms with Crippen LogP contribution in [0.1, 0.15) is 28.8 Å². The molecule has 0 aliphatic carbocycles. The predicted octanol–water partition coefficient (Wildman–Crippen LogP) is 4.22. The van der Waals surface area contributed by atoms with E-state index in [1.807, 2.05) is 31.2 Å². The first kappa shape index (κ1) is 21.0. The SMILES string of the molecule is Cc1ccc(Oc2ccc(NC(=O)c3ccc(S(=O)(=O)N4CCCC4)cc3)cn2)cc1. The van der Waals surface area contributed by atoms with Crippen molar-refractivity contribution >= 4 is 21.6 Å². The highest BCUT2D eigenvalue weighted by atomic mass is 32.2. The Kier molecular flexibility index (Phi) is 6.01. The summed E-state index contributed by atoms with van der Waals surface area (Å²) in [6.07, 6.45) is 3.26. The number of hydrogen-bond donors (Lipinski definition) is 1. The molecule has 0 radical (unpaired) electrons. The molecule has 0 saturated carbocycles. The molecule has 0 unspecified atom stereocenters. The fraction of sp³-hybridized carbons (Fsp3) is 0.217. The van der Waals surface area contributed by atoms with Gasteiger partial charge in [0.2, 0.25) is 15.9 Å². The van der Waals surface area contributed by atoms with Crippen molar-refractivity contribution in [1.82, 2.24) is 9.29 Å². The molecule has 1 aliphatic rings. The highest BCUT2D eigenvalue weighted by Gasteiger charge is 2.27. The number of aromatic nitrogens is 1. The van der Waals surface area contributed by atoms with Crippen molar-refractivity contribution in [3.63, 3.8) is 0 Å². The molecule has 1 amide bonds. The van der Waals surface area contributed by atoms with Crippen LogP contribution in [0.3, 0.4) is 0 Å². The number of anilines is 1. The molecule has 0 bridgehead atoms. The molecule has 0 atom stereocenters. The second-order valence-electron chi connectivity index (χ2n) is 7.39. The normalized spacial score (nSPS) is 14.4. The number of hydrogen-bond acceptors (Lipinski definition) is 5. The van der Waals surface area contributed by atoms with E-state index in [-0.39, 0.29) is 10.8 Å². The van der Waals surface area contributed by atoms with E-state index in [9.17, 15) is 13.2 Å². The van der Waals surface area contributed by atoms with E-state index in [0.717, 1.165) is 18.4 Å². The Morgan fingerprint density at radius 1 is 0.968 bits per heavy atom. The van der Waals surface area contributed by atoms with Gasteiger partial charge < -0.3 is 10.1 Å². The Morgan fingerprint density at radius 2 is 1.65 bits per heavy atom. The van der Waals surface area contributed by atoms with Crippen LogP contribution in [0.2, 0.25) is 0 Å². The summed E-state index contributed by atoms with van der Waals surface area (Å²) in [6, 6.07) is 17.0. The van der Waals surface area contributed by atoms with Gasteiger partial charge in [0, 0.05) is 24.7 Å². The Hall–Kier alpha value is -3.23. The first-order valence-corrected chi connectivity index (χ1v) is 11.5. The number of pyridine rings is 1. The van der Waals surface area contributed by atoms with E-state index in [1.165, 1.54) is 34.8 Å². The summed E-state index contributed by atoms with van der Waals surface area (Å²) in [5.74, 6) is 0.747. The molecule has 1 fully saturated rings. The maximum atomic E-state index is 12.6. The molecule has 1 N–H and O–H groups in total. The second-order valence-corrected chi connectivity index (χ2v) is 9.33. The molecule has 2 heterocycles. The van der Waals surface area contributed by atoms with Gasteiger partial charge in [-0.05, 0) is 62.2 Å². The maximum absolute atomic E-state index is 12.6. The molecule has 1 aliphatic heterocycles. The van der Waals surface area contributed by atoms with Gasteiger partial charge in [-0.3, -0.25) is 4.79 Å². The molecular formula is C23H23N3O4S. The zero-order valence-corrected chi connectivity index (χ0v) is 17.9. The number of carbonyl (C=O) groups excluding carboxylic acids is 1. The van der Waals surface area contributed by atoms with Gasteiger partial charge in [0.1, 0.15) is 5.75 Å². The van der Waals surface area contributed by atoms with Gasteiger partial charge in [-0.2, -0.15) is 4.31 Å². The van der Waals surface area contributed by atoms with Crippen molar-refractivity contribution in [1.29, 1.82) is 0 Å². The van der Waals surface area contributed by atoms with Crippen molar-refractivity contribution in [2.75, 3.05) is 18.4 Å². The predicted molar refractivity (Wildman–Crippen MR) is 118 cm³/mol. The smallest absolute Gasteiger partial charge is 0.255 e. The van der Waals surface area contributed by atoms with E-state index in [2.05, 4.69) is 10.3 Å². The van der Waals surface area contributed by atoms with E-state index in [0.29, 0.717) is 36.0 Å². The number of rotatable bonds is 6. The van der Waals surface area contributed by atoms with Crippen LogP contribution in [0.25, 0.3) is 0 Å². The molecule has 8 heteroatoms. The van der Waals surface area contributed by atoms with Gasteiger partial charge in [-0.1, -0.05) is 17.7 Å². The lowest BCUT2D eigenvalue weighted by atomic mass is 10.2. The minimum atomic E-state index is -3.50. The molecule has 160 valence electrons. The highest BCUT2D eigenvalue weighted by molar-refractivity contribution is 7.89. The molecular weight excluding hydrogens is 414 g/mol. The highest BCUT2D eigenvalue weighted by Crippen LogP contribution is 2.23. The number of sulfonamides is 1. The molecule has 4 rings (SSSR count). The Labute approximate surface area is 181 Å². The van der Waals surface area contributed by atoms with Crippen molar-refractivity contribution in [3.05, 3.63) is 78.0 Å². The maximum Gasteiger partial charge on any atom is 0.255 e. The van der Waals surface area contributed by atoms with Crippen molar-refractivity contribution in [2.45, 2.75) is 24.7 Å². The summed E-state index contributed by atoms with van der Waals surface area (Å²) < 4.78 is 32.3. The number of nitrogens with zero attached hydrogens (tertiary/aromatic N) is 2. The van der Waals surface area contributed by atoms with Crippen LogP contribution in [-0.4, -0.2) is 36.7 Å². The van der Waals surface area contributed by atoms with Crippen molar-refractivity contribution < 1.29 is 17.9 Å². The Balaban J connectivity index is 1.39. The standard InChI is InChI=1S/C23H23N3O4S/c1-17-4-9-20(10-5-17)30-22-13-8-19(16-24-22)25-23(27)18-6-11-21(12-7-18)31(28,29)26-14-2-3-15-26/h4-13,16H,2-3,14-15H2,1H3,(H,25,27). The van der Waals surface area contributed by atoms with Gasteiger partial charge in [-0.25, -0.2) is 13.4 Å². The minimum absolute atomic E-state index is 0.199. The van der Waals surface area contributed by atoms with Crippen LogP contribution in [0, 0.1) is 6.92 Å². The number of nitrogens with one attached hydrogen (secondary N) is 1. The zero-order valence-electron chi connectivity index (χ0n) is 17.1. The number of benzene rings is 2. The third kappa shape index (κ3) is 4.92. The summed E-state index contributed by atoms with van der Waals surface area (Å²) in [5, 5.41) is 2.75. The molecule has 1 aromatic heterocycles. The number of carbonyl (C=O) groups is 1. The topological polar surface area (TPSA) is 88.6 Å². The first-order chi connectivity index (χ1) is 14.9. The molecule has 3 aromatic rings. The van der Waals surface area contributed by atoms with Crippen LogP contribution in [0.5, 0.6) is 11.6 Å². The van der Waals surface area contributed by atoms with Crippen LogP contribution in [-0.2, 0) is 10.0 Å². The minimum Gasteiger partial charge on any atom is -0.439 e. The molecule has 2 aromatic carbocycles. The van der Waals surface area contributed by atoms with Crippen molar-refractivity contribution in [2.24, 2.45) is 0 Å². The first-order valence-electron chi connectivity index (χ1n) is 10.0. The van der Waals surface area contributed by atoms with Crippen LogP contribution < -0.4 is 10.1 Å². The number of aryl methyl sites for hydroxylation is 1. The molecule has 31 heavy (non-hydrogen) atoms. The van der Waals surface area contributed by atoms with E-state index in [1.54, 1.807) is 12.1 Å². The van der Waals surface area contributed by atoms with Gasteiger partial charge >= 0.3 is 0 Å². The summed E-state index contributed by atoms with van der Waals surface area (Å²) in [6.45, 7) is 3.09. The summed E-state index contributed by atoms with van der Waals surface area (Å²) in [7, 11) is -3.50. The van der Waals surface area contributed by atoms with E-state index < -0.39 is 10.0 Å². The zero-order chi connectivity index (χ0) is 21.8. The summed E-state index contributed by atoms with van der Waals surface area (Å²) in [4.78, 5) is 16.9. The molecule has 0 spiro atoms. The fourth-order valence-electron chi connectivity index (χ4n) is 3.30. The lowest BCUT2D eigenvalue weighted by Gasteiger charge is -2.15. The Bertz CT molecular complexity index is 1150. The third-order valence-corrected chi connectivity index (χ3v) is 6.97. The van der Waals surface area contributed by atoms with Crippen LogP contribution in [0.4, 0.5) is 5.69 Å². The summed E-state index contributed by atoms with van der Waals surface area (Å²) in [5.41, 5.74) is 2.01. The van der Waals surface area contributed by atoms with Gasteiger partial charge in [0.15, 0.2) is 0 Å². The second kappa shape index (κ2) is 8.87. The lowest BCUT2D eigenvalue weighted by molar-refractivity contribution is 0.102. The van der Waals surface area contributed by atoms with E-state index in [4.69, 9.17) is 4.74 Å². The monoisotopic (exact) mass is 437 g/mol. The van der Waals surface area contributed by atoms with Gasteiger partial charge in [0.25, 0.3) is 5.91 Å². The fourth-order valence-corrected chi connectivity index (χ4v) is 4.82. The lowest BCUT2D eigenvalue weighted by Crippen LogP contribution is -2.27. The molecule has 1 saturated heterocycles. The number of ether oxygens (including phenoxy) is 1. The average molecular weight is 438 g/mol. The van der Waals surface area contributed by atoms with Gasteiger partial charge in [0.05, 0.1) is 16.8 Å². The quantitative estimate of drug-likeness (QED) is 0.624. The summed E-state index contributed by atoms with van der Waals surface area (Å²) >= 11 is 0. The largest absolute Gasteiger partial charge is 0.439 e. The third-order valence-electron chi connectivity index (χ3n) is 5.06. The molecule has 7 nitrogen and oxygen atoms in total. The number of amides is 1. The van der Waals surface area contributed by atoms with Crippen LogP contribution >= 0.6 is 0 Å². The van der Waals surface area contributed by atoms with Crippen molar-refractivity contribution in [3.8, 4) is 11.6 Å².